The largest absolute Gasteiger partial charge is 0.362 e. The molecule has 0 saturated carbocycles. The van der Waals surface area contributed by atoms with Crippen LogP contribution in [-0.4, -0.2) is 19.7 Å². The molecule has 4 nitrogen and oxygen atoms in total. The summed E-state index contributed by atoms with van der Waals surface area (Å²) in [6, 6.07) is 15.1. The van der Waals surface area contributed by atoms with Crippen molar-refractivity contribution < 1.29 is 12.6 Å². The maximum atomic E-state index is 11.0. The summed E-state index contributed by atoms with van der Waals surface area (Å²) in [5.41, 5.74) is 1.18. The van der Waals surface area contributed by atoms with Crippen LogP contribution in [0, 0.1) is 0 Å². The SMILES string of the molecule is CS(=O)(=O)Oc1cccc(SCc2ccccc2)n1. The first kappa shape index (κ1) is 13.9. The summed E-state index contributed by atoms with van der Waals surface area (Å²) in [5.74, 6) is 0.872. The van der Waals surface area contributed by atoms with Crippen molar-refractivity contribution in [3.05, 3.63) is 54.1 Å². The van der Waals surface area contributed by atoms with Gasteiger partial charge < -0.3 is 4.18 Å². The third-order valence-corrected chi connectivity index (χ3v) is 3.64. The zero-order chi connectivity index (χ0) is 13.7. The fraction of sp³-hybridized carbons (Fsp3) is 0.154. The number of benzene rings is 1. The lowest BCUT2D eigenvalue weighted by atomic mass is 10.2. The molecule has 0 aliphatic carbocycles. The molecule has 1 aromatic carbocycles. The van der Waals surface area contributed by atoms with Gasteiger partial charge in [0.15, 0.2) is 0 Å². The molecule has 6 heteroatoms. The van der Waals surface area contributed by atoms with Crippen molar-refractivity contribution in [1.29, 1.82) is 0 Å². The minimum Gasteiger partial charge on any atom is -0.362 e. The molecule has 0 spiro atoms. The van der Waals surface area contributed by atoms with Gasteiger partial charge in [0.25, 0.3) is 0 Å². The van der Waals surface area contributed by atoms with Gasteiger partial charge in [-0.05, 0) is 11.6 Å². The Hall–Kier alpha value is -1.53. The van der Waals surface area contributed by atoms with Crippen molar-refractivity contribution in [2.45, 2.75) is 10.8 Å². The monoisotopic (exact) mass is 295 g/mol. The number of hydrogen-bond donors (Lipinski definition) is 0. The Balaban J connectivity index is 2.03. The van der Waals surface area contributed by atoms with Crippen LogP contribution in [0.4, 0.5) is 0 Å². The van der Waals surface area contributed by atoms with E-state index < -0.39 is 10.1 Å². The van der Waals surface area contributed by atoms with Crippen LogP contribution in [0.2, 0.25) is 0 Å². The minimum absolute atomic E-state index is 0.0977. The van der Waals surface area contributed by atoms with Gasteiger partial charge >= 0.3 is 10.1 Å². The molecule has 2 aromatic rings. The quantitative estimate of drug-likeness (QED) is 0.627. The van der Waals surface area contributed by atoms with E-state index in [1.807, 2.05) is 36.4 Å². The summed E-state index contributed by atoms with van der Waals surface area (Å²) in [6.07, 6.45) is 0.998. The summed E-state index contributed by atoms with van der Waals surface area (Å²) in [7, 11) is -3.53. The highest BCUT2D eigenvalue weighted by molar-refractivity contribution is 7.98. The molecule has 2 rings (SSSR count). The van der Waals surface area contributed by atoms with Crippen molar-refractivity contribution in [1.82, 2.24) is 4.98 Å². The zero-order valence-corrected chi connectivity index (χ0v) is 11.9. The predicted octanol–water partition coefficient (Wildman–Crippen LogP) is 2.71. The molecule has 0 radical (unpaired) electrons. The van der Waals surface area contributed by atoms with Crippen molar-refractivity contribution >= 4 is 21.9 Å². The van der Waals surface area contributed by atoms with Crippen LogP contribution in [0.1, 0.15) is 5.56 Å². The predicted molar refractivity (Wildman–Crippen MR) is 75.7 cm³/mol. The number of rotatable bonds is 5. The summed E-state index contributed by atoms with van der Waals surface area (Å²) >= 11 is 1.53. The molecule has 0 aliphatic heterocycles. The van der Waals surface area contributed by atoms with Gasteiger partial charge in [-0.2, -0.15) is 8.42 Å². The van der Waals surface area contributed by atoms with E-state index in [0.717, 1.165) is 17.0 Å². The topological polar surface area (TPSA) is 56.3 Å². The van der Waals surface area contributed by atoms with E-state index in [9.17, 15) is 8.42 Å². The molecule has 1 aromatic heterocycles. The third-order valence-electron chi connectivity index (χ3n) is 2.16. The summed E-state index contributed by atoms with van der Waals surface area (Å²) in [5, 5.41) is 0.727. The minimum atomic E-state index is -3.53. The van der Waals surface area contributed by atoms with Gasteiger partial charge in [0.05, 0.1) is 6.26 Å². The molecule has 0 saturated heterocycles. The second-order valence-corrected chi connectivity index (χ2v) is 6.45. The van der Waals surface area contributed by atoms with Crippen LogP contribution >= 0.6 is 11.8 Å². The van der Waals surface area contributed by atoms with Gasteiger partial charge in [0, 0.05) is 11.8 Å². The average molecular weight is 295 g/mol. The Bertz CT molecular complexity index is 642. The van der Waals surface area contributed by atoms with Crippen LogP contribution < -0.4 is 4.18 Å². The van der Waals surface area contributed by atoms with Crippen molar-refractivity contribution in [2.75, 3.05) is 6.26 Å². The van der Waals surface area contributed by atoms with E-state index in [-0.39, 0.29) is 5.88 Å². The van der Waals surface area contributed by atoms with E-state index in [1.165, 1.54) is 23.4 Å². The van der Waals surface area contributed by atoms with Crippen LogP contribution in [0.15, 0.2) is 53.6 Å². The van der Waals surface area contributed by atoms with Gasteiger partial charge in [0.1, 0.15) is 5.03 Å². The first-order valence-electron chi connectivity index (χ1n) is 5.56. The van der Waals surface area contributed by atoms with E-state index in [1.54, 1.807) is 6.07 Å². The lowest BCUT2D eigenvalue weighted by Crippen LogP contribution is -2.06. The van der Waals surface area contributed by atoms with E-state index in [4.69, 9.17) is 4.18 Å². The van der Waals surface area contributed by atoms with Gasteiger partial charge in [-0.25, -0.2) is 4.98 Å². The molecule has 0 amide bonds. The van der Waals surface area contributed by atoms with Crippen LogP contribution in [0.5, 0.6) is 5.88 Å². The first-order valence-corrected chi connectivity index (χ1v) is 8.36. The van der Waals surface area contributed by atoms with E-state index in [2.05, 4.69) is 4.98 Å². The maximum absolute atomic E-state index is 11.0. The highest BCUT2D eigenvalue weighted by Crippen LogP contribution is 2.23. The van der Waals surface area contributed by atoms with Gasteiger partial charge in [0.2, 0.25) is 5.88 Å². The Morgan fingerprint density at radius 1 is 1.11 bits per heavy atom. The number of hydrogen-bond acceptors (Lipinski definition) is 5. The van der Waals surface area contributed by atoms with Crippen LogP contribution in [-0.2, 0) is 15.9 Å². The molecular weight excluding hydrogens is 282 g/mol. The van der Waals surface area contributed by atoms with Crippen molar-refractivity contribution in [3.63, 3.8) is 0 Å². The first-order chi connectivity index (χ1) is 9.03. The second-order valence-electron chi connectivity index (χ2n) is 3.88. The molecule has 0 fully saturated rings. The molecule has 0 atom stereocenters. The zero-order valence-electron chi connectivity index (χ0n) is 10.3. The Morgan fingerprint density at radius 2 is 1.84 bits per heavy atom. The Morgan fingerprint density at radius 3 is 2.53 bits per heavy atom. The lowest BCUT2D eigenvalue weighted by molar-refractivity contribution is 0.480. The molecule has 0 aliphatic rings. The Kier molecular flexibility index (Phi) is 4.44. The number of pyridine rings is 1. The van der Waals surface area contributed by atoms with E-state index in [0.29, 0.717) is 0 Å². The molecule has 0 bridgehead atoms. The third kappa shape index (κ3) is 4.92. The number of thioether (sulfide) groups is 1. The molecule has 0 unspecified atom stereocenters. The highest BCUT2D eigenvalue weighted by Gasteiger charge is 2.06. The molecular formula is C13H13NO3S2. The normalized spacial score (nSPS) is 11.2. The molecule has 0 N–H and O–H groups in total. The molecule has 1 heterocycles. The maximum Gasteiger partial charge on any atom is 0.307 e. The van der Waals surface area contributed by atoms with Crippen LogP contribution in [0.25, 0.3) is 0 Å². The average Bonchev–Trinajstić information content (AvgIpc) is 2.36. The standard InChI is InChI=1S/C13H13NO3S2/c1-19(15,16)17-12-8-5-9-13(14-12)18-10-11-6-3-2-4-7-11/h2-9H,10H2,1H3. The summed E-state index contributed by atoms with van der Waals surface area (Å²) < 4.78 is 26.8. The Labute approximate surface area is 117 Å². The summed E-state index contributed by atoms with van der Waals surface area (Å²) in [6.45, 7) is 0. The highest BCUT2D eigenvalue weighted by atomic mass is 32.2. The smallest absolute Gasteiger partial charge is 0.307 e. The van der Waals surface area contributed by atoms with Gasteiger partial charge in [-0.15, -0.1) is 11.8 Å². The van der Waals surface area contributed by atoms with Crippen LogP contribution in [0.3, 0.4) is 0 Å². The fourth-order valence-corrected chi connectivity index (χ4v) is 2.65. The lowest BCUT2D eigenvalue weighted by Gasteiger charge is -2.04. The van der Waals surface area contributed by atoms with E-state index >= 15 is 0 Å². The molecule has 19 heavy (non-hydrogen) atoms. The second kappa shape index (κ2) is 6.08. The van der Waals surface area contributed by atoms with Crippen molar-refractivity contribution in [2.24, 2.45) is 0 Å². The van der Waals surface area contributed by atoms with Gasteiger partial charge in [-0.3, -0.25) is 0 Å². The van der Waals surface area contributed by atoms with Crippen molar-refractivity contribution in [3.8, 4) is 5.88 Å². The number of aromatic nitrogens is 1. The summed E-state index contributed by atoms with van der Waals surface area (Å²) in [4.78, 5) is 4.13. The molecule has 100 valence electrons. The number of nitrogens with zero attached hydrogens (tertiary/aromatic N) is 1. The fourth-order valence-electron chi connectivity index (χ4n) is 1.41. The van der Waals surface area contributed by atoms with Gasteiger partial charge in [-0.1, -0.05) is 36.4 Å².